The van der Waals surface area contributed by atoms with Crippen molar-refractivity contribution in [2.75, 3.05) is 13.6 Å². The standard InChI is InChI=1S/C22H22N6O/c1-27(11-12-28-10-9-24-16-28)15-17-4-6-18(7-5-17)22-25-20(13-21(29)26-22)19-3-2-8-23-14-19/h2-10,13-14,16H,11-12,15H2,1H3,(H,25,26,29). The number of benzene rings is 1. The zero-order chi connectivity index (χ0) is 20.1. The maximum atomic E-state index is 12.1. The van der Waals surface area contributed by atoms with Crippen LogP contribution in [0.3, 0.4) is 0 Å². The van der Waals surface area contributed by atoms with Gasteiger partial charge in [0.2, 0.25) is 0 Å². The van der Waals surface area contributed by atoms with Crippen molar-refractivity contribution in [3.8, 4) is 22.6 Å². The fourth-order valence-corrected chi connectivity index (χ4v) is 3.12. The van der Waals surface area contributed by atoms with Crippen LogP contribution in [0.1, 0.15) is 5.56 Å². The fraction of sp³-hybridized carbons (Fsp3) is 0.182. The number of nitrogens with zero attached hydrogens (tertiary/aromatic N) is 5. The molecule has 0 aliphatic heterocycles. The van der Waals surface area contributed by atoms with Gasteiger partial charge in [-0.05, 0) is 24.7 Å². The zero-order valence-electron chi connectivity index (χ0n) is 16.2. The summed E-state index contributed by atoms with van der Waals surface area (Å²) in [5.41, 5.74) is 3.32. The van der Waals surface area contributed by atoms with Crippen molar-refractivity contribution in [1.29, 1.82) is 0 Å². The third kappa shape index (κ3) is 4.83. The minimum absolute atomic E-state index is 0.183. The summed E-state index contributed by atoms with van der Waals surface area (Å²) < 4.78 is 2.07. The normalized spacial score (nSPS) is 11.1. The van der Waals surface area contributed by atoms with E-state index >= 15 is 0 Å². The maximum absolute atomic E-state index is 12.1. The first kappa shape index (κ1) is 18.8. The number of H-pyrrole nitrogens is 1. The Hall–Kier alpha value is -3.58. The van der Waals surface area contributed by atoms with Crippen molar-refractivity contribution >= 4 is 0 Å². The summed E-state index contributed by atoms with van der Waals surface area (Å²) in [5, 5.41) is 0. The fourth-order valence-electron chi connectivity index (χ4n) is 3.12. The molecule has 0 atom stereocenters. The lowest BCUT2D eigenvalue weighted by atomic mass is 10.1. The maximum Gasteiger partial charge on any atom is 0.251 e. The van der Waals surface area contributed by atoms with Gasteiger partial charge < -0.3 is 14.5 Å². The number of aromatic amines is 1. The molecule has 3 aromatic heterocycles. The van der Waals surface area contributed by atoms with Crippen LogP contribution in [-0.4, -0.2) is 43.0 Å². The van der Waals surface area contributed by atoms with E-state index in [-0.39, 0.29) is 5.56 Å². The summed E-state index contributed by atoms with van der Waals surface area (Å²) in [6.07, 6.45) is 8.99. The molecule has 0 aliphatic rings. The molecule has 0 spiro atoms. The van der Waals surface area contributed by atoms with E-state index in [0.717, 1.165) is 30.8 Å². The lowest BCUT2D eigenvalue weighted by Gasteiger charge is -2.17. The van der Waals surface area contributed by atoms with E-state index in [1.165, 1.54) is 11.6 Å². The molecule has 146 valence electrons. The predicted octanol–water partition coefficient (Wildman–Crippen LogP) is 2.83. The molecular weight excluding hydrogens is 364 g/mol. The quantitative estimate of drug-likeness (QED) is 0.528. The number of nitrogens with one attached hydrogen (secondary N) is 1. The summed E-state index contributed by atoms with van der Waals surface area (Å²) in [6, 6.07) is 13.3. The van der Waals surface area contributed by atoms with Crippen LogP contribution in [0.2, 0.25) is 0 Å². The van der Waals surface area contributed by atoms with Crippen LogP contribution >= 0.6 is 0 Å². The second kappa shape index (κ2) is 8.62. The Morgan fingerprint density at radius 1 is 1.07 bits per heavy atom. The highest BCUT2D eigenvalue weighted by Gasteiger charge is 2.07. The van der Waals surface area contributed by atoms with Crippen LogP contribution in [0.15, 0.2) is 78.4 Å². The van der Waals surface area contributed by atoms with Crippen molar-refractivity contribution < 1.29 is 0 Å². The van der Waals surface area contributed by atoms with Gasteiger partial charge in [-0.3, -0.25) is 9.78 Å². The van der Waals surface area contributed by atoms with Crippen LogP contribution in [0, 0.1) is 0 Å². The Morgan fingerprint density at radius 3 is 2.66 bits per heavy atom. The Kier molecular flexibility index (Phi) is 5.58. The first-order valence-corrected chi connectivity index (χ1v) is 9.43. The van der Waals surface area contributed by atoms with E-state index in [1.807, 2.05) is 36.8 Å². The Balaban J connectivity index is 1.46. The molecule has 7 heteroatoms. The highest BCUT2D eigenvalue weighted by atomic mass is 16.1. The van der Waals surface area contributed by atoms with Crippen LogP contribution in [-0.2, 0) is 13.1 Å². The molecule has 0 radical (unpaired) electrons. The molecule has 7 nitrogen and oxygen atoms in total. The molecule has 0 saturated heterocycles. The van der Waals surface area contributed by atoms with Gasteiger partial charge in [-0.15, -0.1) is 0 Å². The molecule has 0 aliphatic carbocycles. The third-order valence-electron chi connectivity index (χ3n) is 4.68. The molecule has 4 rings (SSSR count). The topological polar surface area (TPSA) is 79.7 Å². The first-order chi connectivity index (χ1) is 14.2. The molecule has 0 amide bonds. The van der Waals surface area contributed by atoms with E-state index in [4.69, 9.17) is 0 Å². The van der Waals surface area contributed by atoms with Gasteiger partial charge >= 0.3 is 0 Å². The summed E-state index contributed by atoms with van der Waals surface area (Å²) in [5.74, 6) is 0.552. The Labute approximate surface area is 168 Å². The summed E-state index contributed by atoms with van der Waals surface area (Å²) in [7, 11) is 2.10. The molecule has 0 fully saturated rings. The van der Waals surface area contributed by atoms with Crippen molar-refractivity contribution in [2.24, 2.45) is 0 Å². The molecule has 0 unspecified atom stereocenters. The second-order valence-electron chi connectivity index (χ2n) is 6.96. The first-order valence-electron chi connectivity index (χ1n) is 9.43. The average molecular weight is 386 g/mol. The van der Waals surface area contributed by atoms with Gasteiger partial charge in [0.25, 0.3) is 5.56 Å². The Morgan fingerprint density at radius 2 is 1.93 bits per heavy atom. The van der Waals surface area contributed by atoms with Gasteiger partial charge in [0, 0.05) is 61.6 Å². The Bertz CT molecular complexity index is 1100. The van der Waals surface area contributed by atoms with E-state index < -0.39 is 0 Å². The zero-order valence-corrected chi connectivity index (χ0v) is 16.2. The van der Waals surface area contributed by atoms with Gasteiger partial charge in [-0.2, -0.15) is 0 Å². The van der Waals surface area contributed by atoms with Gasteiger partial charge in [0.1, 0.15) is 5.82 Å². The SMILES string of the molecule is CN(CCn1ccnc1)Cc1ccc(-c2nc(-c3cccnc3)cc(=O)[nH]2)cc1. The second-order valence-corrected chi connectivity index (χ2v) is 6.96. The van der Waals surface area contributed by atoms with E-state index in [2.05, 4.69) is 48.6 Å². The number of rotatable bonds is 7. The van der Waals surface area contributed by atoms with Crippen molar-refractivity contribution in [2.45, 2.75) is 13.1 Å². The number of aromatic nitrogens is 5. The lowest BCUT2D eigenvalue weighted by Crippen LogP contribution is -2.22. The third-order valence-corrected chi connectivity index (χ3v) is 4.68. The molecule has 0 bridgehead atoms. The smallest absolute Gasteiger partial charge is 0.251 e. The van der Waals surface area contributed by atoms with Gasteiger partial charge in [0.05, 0.1) is 12.0 Å². The van der Waals surface area contributed by atoms with Gasteiger partial charge in [-0.1, -0.05) is 24.3 Å². The molecule has 1 N–H and O–H groups in total. The van der Waals surface area contributed by atoms with Crippen LogP contribution in [0.5, 0.6) is 0 Å². The summed E-state index contributed by atoms with van der Waals surface area (Å²) in [6.45, 7) is 2.68. The highest BCUT2D eigenvalue weighted by Crippen LogP contribution is 2.19. The number of likely N-dealkylation sites (N-methyl/N-ethyl adjacent to an activating group) is 1. The van der Waals surface area contributed by atoms with E-state index in [9.17, 15) is 4.79 Å². The lowest BCUT2D eigenvalue weighted by molar-refractivity contribution is 0.311. The molecular formula is C22H22N6O. The molecule has 4 aromatic rings. The van der Waals surface area contributed by atoms with Crippen molar-refractivity contribution in [3.05, 3.63) is 89.5 Å². The summed E-state index contributed by atoms with van der Waals surface area (Å²) in [4.78, 5) is 30.0. The van der Waals surface area contributed by atoms with E-state index in [1.54, 1.807) is 18.6 Å². The van der Waals surface area contributed by atoms with Crippen LogP contribution in [0.25, 0.3) is 22.6 Å². The molecule has 29 heavy (non-hydrogen) atoms. The number of hydrogen-bond acceptors (Lipinski definition) is 5. The number of pyridine rings is 1. The number of imidazole rings is 1. The van der Waals surface area contributed by atoms with E-state index in [0.29, 0.717) is 11.5 Å². The van der Waals surface area contributed by atoms with Gasteiger partial charge in [-0.25, -0.2) is 9.97 Å². The average Bonchev–Trinajstić information content (AvgIpc) is 3.27. The largest absolute Gasteiger partial charge is 0.336 e. The highest BCUT2D eigenvalue weighted by molar-refractivity contribution is 5.62. The number of hydrogen-bond donors (Lipinski definition) is 1. The minimum Gasteiger partial charge on any atom is -0.336 e. The van der Waals surface area contributed by atoms with Crippen LogP contribution in [0.4, 0.5) is 0 Å². The predicted molar refractivity (Wildman–Crippen MR) is 112 cm³/mol. The molecule has 0 saturated carbocycles. The van der Waals surface area contributed by atoms with Crippen LogP contribution < -0.4 is 5.56 Å². The van der Waals surface area contributed by atoms with Gasteiger partial charge in [0.15, 0.2) is 0 Å². The molecule has 3 heterocycles. The minimum atomic E-state index is -0.183. The monoisotopic (exact) mass is 386 g/mol. The summed E-state index contributed by atoms with van der Waals surface area (Å²) >= 11 is 0. The van der Waals surface area contributed by atoms with Crippen molar-refractivity contribution in [3.63, 3.8) is 0 Å². The van der Waals surface area contributed by atoms with Crippen molar-refractivity contribution in [1.82, 2.24) is 29.4 Å². The molecule has 1 aromatic carbocycles.